The van der Waals surface area contributed by atoms with Crippen molar-refractivity contribution < 1.29 is 47.4 Å². The van der Waals surface area contributed by atoms with E-state index in [1.165, 1.54) is 0 Å². The summed E-state index contributed by atoms with van der Waals surface area (Å²) in [7, 11) is 0. The van der Waals surface area contributed by atoms with Gasteiger partial charge >= 0.3 is 0 Å². The van der Waals surface area contributed by atoms with E-state index in [0.29, 0.717) is 138 Å². The third-order valence-electron chi connectivity index (χ3n) is 3.81. The zero-order chi connectivity index (χ0) is 24.6. The van der Waals surface area contributed by atoms with E-state index in [0.717, 1.165) is 0 Å². The molecule has 11 heteroatoms. The average Bonchev–Trinajstić information content (AvgIpc) is 2.85. The molecule has 0 aliphatic carbocycles. The summed E-state index contributed by atoms with van der Waals surface area (Å²) in [5, 5.41) is 0. The summed E-state index contributed by atoms with van der Waals surface area (Å²) in [5.41, 5.74) is 0. The van der Waals surface area contributed by atoms with E-state index in [2.05, 4.69) is 6.58 Å². The Kier molecular flexibility index (Phi) is 32.3. The van der Waals surface area contributed by atoms with Gasteiger partial charge in [0.25, 0.3) is 0 Å². The minimum absolute atomic E-state index is 0.501. The lowest BCUT2D eigenvalue weighted by atomic mass is 10.6. The molecule has 0 aromatic heterocycles. The minimum Gasteiger partial charge on any atom is -0.378 e. The maximum atomic E-state index is 5.49. The summed E-state index contributed by atoms with van der Waals surface area (Å²) in [6, 6.07) is 0. The van der Waals surface area contributed by atoms with Crippen LogP contribution in [0.25, 0.3) is 0 Å². The standard InChI is InChI=1S/C23H45ClO10/c1-2-4-25-6-8-27-10-12-29-14-16-31-18-20-33-22-23-34-21-19-32-17-15-30-13-11-28-9-7-26-5-3-24/h2H,1,3-23H2. The van der Waals surface area contributed by atoms with Gasteiger partial charge < -0.3 is 47.4 Å². The highest BCUT2D eigenvalue weighted by Crippen LogP contribution is 1.86. The van der Waals surface area contributed by atoms with Gasteiger partial charge in [-0.1, -0.05) is 6.08 Å². The zero-order valence-electron chi connectivity index (χ0n) is 20.6. The molecule has 0 atom stereocenters. The number of hydrogen-bond donors (Lipinski definition) is 0. The molecule has 10 nitrogen and oxygen atoms in total. The summed E-state index contributed by atoms with van der Waals surface area (Å²) >= 11 is 5.49. The smallest absolute Gasteiger partial charge is 0.0704 e. The van der Waals surface area contributed by atoms with Gasteiger partial charge in [-0.3, -0.25) is 0 Å². The van der Waals surface area contributed by atoms with Gasteiger partial charge in [0.05, 0.1) is 132 Å². The molecule has 0 aromatic rings. The average molecular weight is 517 g/mol. The third-order valence-corrected chi connectivity index (χ3v) is 3.96. The number of ether oxygens (including phenoxy) is 10. The van der Waals surface area contributed by atoms with Crippen molar-refractivity contribution in [2.24, 2.45) is 0 Å². The van der Waals surface area contributed by atoms with Crippen LogP contribution in [-0.4, -0.2) is 138 Å². The molecule has 0 rings (SSSR count). The normalized spacial score (nSPS) is 11.3. The van der Waals surface area contributed by atoms with E-state index in [9.17, 15) is 0 Å². The molecule has 0 fully saturated rings. The fourth-order valence-electron chi connectivity index (χ4n) is 2.20. The van der Waals surface area contributed by atoms with Crippen LogP contribution in [0.3, 0.4) is 0 Å². The molecule has 0 saturated carbocycles. The van der Waals surface area contributed by atoms with Crippen LogP contribution in [0.15, 0.2) is 12.7 Å². The van der Waals surface area contributed by atoms with Crippen LogP contribution in [0.4, 0.5) is 0 Å². The highest BCUT2D eigenvalue weighted by Gasteiger charge is 1.95. The molecule has 204 valence electrons. The first-order chi connectivity index (χ1) is 16.9. The van der Waals surface area contributed by atoms with Crippen LogP contribution in [-0.2, 0) is 47.4 Å². The van der Waals surface area contributed by atoms with Crippen molar-refractivity contribution in [1.82, 2.24) is 0 Å². The van der Waals surface area contributed by atoms with Crippen LogP contribution in [0.5, 0.6) is 0 Å². The van der Waals surface area contributed by atoms with Crippen LogP contribution in [0.1, 0.15) is 0 Å². The second kappa shape index (κ2) is 32.6. The number of halogens is 1. The first-order valence-corrected chi connectivity index (χ1v) is 12.4. The predicted octanol–water partition coefficient (Wildman–Crippen LogP) is 1.58. The first-order valence-electron chi connectivity index (χ1n) is 11.9. The van der Waals surface area contributed by atoms with Crippen LogP contribution in [0.2, 0.25) is 0 Å². The van der Waals surface area contributed by atoms with E-state index >= 15 is 0 Å². The molecule has 0 bridgehead atoms. The highest BCUT2D eigenvalue weighted by atomic mass is 35.5. The lowest BCUT2D eigenvalue weighted by molar-refractivity contribution is -0.0259. The summed E-state index contributed by atoms with van der Waals surface area (Å²) < 4.78 is 53.6. The monoisotopic (exact) mass is 516 g/mol. The summed E-state index contributed by atoms with van der Waals surface area (Å²) in [6.45, 7) is 14.3. The SMILES string of the molecule is C=CCOCCOCCOCCOCCOCCOCCOCCOCCOCCOCCCl. The lowest BCUT2D eigenvalue weighted by Gasteiger charge is -2.09. The largest absolute Gasteiger partial charge is 0.378 e. The van der Waals surface area contributed by atoms with E-state index in [-0.39, 0.29) is 0 Å². The Balaban J connectivity index is 3.00. The Morgan fingerprint density at radius 1 is 0.353 bits per heavy atom. The maximum Gasteiger partial charge on any atom is 0.0704 e. The van der Waals surface area contributed by atoms with Gasteiger partial charge in [0.1, 0.15) is 0 Å². The Morgan fingerprint density at radius 3 is 0.765 bits per heavy atom. The van der Waals surface area contributed by atoms with Gasteiger partial charge in [0.15, 0.2) is 0 Å². The van der Waals surface area contributed by atoms with Gasteiger partial charge in [0, 0.05) is 5.88 Å². The quantitative estimate of drug-likeness (QED) is 0.0768. The van der Waals surface area contributed by atoms with E-state index in [4.69, 9.17) is 59.0 Å². The molecule has 0 heterocycles. The van der Waals surface area contributed by atoms with E-state index in [1.54, 1.807) is 6.08 Å². The Morgan fingerprint density at radius 2 is 0.559 bits per heavy atom. The van der Waals surface area contributed by atoms with Crippen molar-refractivity contribution in [2.75, 3.05) is 138 Å². The molecular weight excluding hydrogens is 472 g/mol. The van der Waals surface area contributed by atoms with E-state index < -0.39 is 0 Å². The molecule has 0 spiro atoms. The molecule has 0 aliphatic heterocycles. The first kappa shape index (κ1) is 33.6. The van der Waals surface area contributed by atoms with Crippen molar-refractivity contribution in [1.29, 1.82) is 0 Å². The predicted molar refractivity (Wildman–Crippen MR) is 129 cm³/mol. The summed E-state index contributed by atoms with van der Waals surface area (Å²) in [6.07, 6.45) is 1.71. The second-order valence-electron chi connectivity index (χ2n) is 6.56. The summed E-state index contributed by atoms with van der Waals surface area (Å²) in [4.78, 5) is 0. The van der Waals surface area contributed by atoms with Gasteiger partial charge in [-0.15, -0.1) is 18.2 Å². The summed E-state index contributed by atoms with van der Waals surface area (Å²) in [5.74, 6) is 0.501. The van der Waals surface area contributed by atoms with Crippen molar-refractivity contribution in [2.45, 2.75) is 0 Å². The maximum absolute atomic E-state index is 5.49. The van der Waals surface area contributed by atoms with Gasteiger partial charge in [-0.2, -0.15) is 0 Å². The number of alkyl halides is 1. The Labute approximate surface area is 210 Å². The fraction of sp³-hybridized carbons (Fsp3) is 0.913. The molecule has 0 aliphatic rings. The van der Waals surface area contributed by atoms with Crippen molar-refractivity contribution in [3.8, 4) is 0 Å². The molecule has 0 unspecified atom stereocenters. The molecule has 0 radical (unpaired) electrons. The second-order valence-corrected chi connectivity index (χ2v) is 6.94. The Bertz CT molecular complexity index is 380. The van der Waals surface area contributed by atoms with Crippen LogP contribution >= 0.6 is 11.6 Å². The lowest BCUT2D eigenvalue weighted by Crippen LogP contribution is -2.15. The van der Waals surface area contributed by atoms with Crippen LogP contribution in [0, 0.1) is 0 Å². The Hall–Kier alpha value is -0.370. The number of rotatable bonds is 31. The highest BCUT2D eigenvalue weighted by molar-refractivity contribution is 6.17. The minimum atomic E-state index is 0.501. The topological polar surface area (TPSA) is 92.3 Å². The van der Waals surface area contributed by atoms with Crippen molar-refractivity contribution >= 4 is 11.6 Å². The third kappa shape index (κ3) is 31.6. The van der Waals surface area contributed by atoms with Crippen molar-refractivity contribution in [3.05, 3.63) is 12.7 Å². The number of hydrogen-bond acceptors (Lipinski definition) is 10. The molecule has 0 saturated heterocycles. The van der Waals surface area contributed by atoms with Crippen LogP contribution < -0.4 is 0 Å². The zero-order valence-corrected chi connectivity index (χ0v) is 21.4. The fourth-order valence-corrected chi connectivity index (χ4v) is 2.31. The van der Waals surface area contributed by atoms with Crippen molar-refractivity contribution in [3.63, 3.8) is 0 Å². The van der Waals surface area contributed by atoms with Gasteiger partial charge in [-0.05, 0) is 0 Å². The molecule has 0 N–H and O–H groups in total. The van der Waals surface area contributed by atoms with Gasteiger partial charge in [0.2, 0.25) is 0 Å². The molecule has 34 heavy (non-hydrogen) atoms. The molecular formula is C23H45ClO10. The molecule has 0 aromatic carbocycles. The molecule has 0 amide bonds. The van der Waals surface area contributed by atoms with E-state index in [1.807, 2.05) is 0 Å². The van der Waals surface area contributed by atoms with Gasteiger partial charge in [-0.25, -0.2) is 0 Å².